The molecule has 0 spiro atoms. The maximum atomic E-state index is 10.8. The topological polar surface area (TPSA) is 49.4 Å². The summed E-state index contributed by atoms with van der Waals surface area (Å²) in [5.74, 6) is 0.316. The van der Waals surface area contributed by atoms with E-state index in [1.54, 1.807) is 0 Å². The molecule has 0 amide bonds. The fraction of sp³-hybridized carbons (Fsp3) is 1.00. The Morgan fingerprint density at radius 2 is 1.86 bits per heavy atom. The van der Waals surface area contributed by atoms with Crippen LogP contribution in [-0.2, 0) is 9.84 Å². The maximum Gasteiger partial charge on any atom is 0.147 e. The number of piperazine rings is 1. The van der Waals surface area contributed by atoms with Crippen molar-refractivity contribution in [1.82, 2.24) is 10.2 Å². The summed E-state index contributed by atoms with van der Waals surface area (Å²) in [7, 11) is -2.77. The minimum Gasteiger partial charge on any atom is -0.314 e. The third-order valence-electron chi connectivity index (χ3n) is 2.20. The lowest BCUT2D eigenvalue weighted by molar-refractivity contribution is 0.242. The maximum absolute atomic E-state index is 10.8. The second-order valence-corrected chi connectivity index (χ2v) is 5.83. The van der Waals surface area contributed by atoms with Gasteiger partial charge in [-0.15, -0.1) is 12.4 Å². The first-order valence-electron chi connectivity index (χ1n) is 4.69. The van der Waals surface area contributed by atoms with E-state index in [0.29, 0.717) is 5.75 Å². The molecule has 0 unspecified atom stereocenters. The van der Waals surface area contributed by atoms with Crippen molar-refractivity contribution >= 4 is 22.2 Å². The molecule has 1 N–H and O–H groups in total. The molecule has 1 saturated heterocycles. The molecule has 0 aromatic rings. The van der Waals surface area contributed by atoms with E-state index in [9.17, 15) is 8.42 Å². The van der Waals surface area contributed by atoms with Gasteiger partial charge in [0.1, 0.15) is 9.84 Å². The van der Waals surface area contributed by atoms with Gasteiger partial charge < -0.3 is 10.2 Å². The highest BCUT2D eigenvalue weighted by Gasteiger charge is 2.09. The Hall–Kier alpha value is 0.160. The normalized spacial score (nSPS) is 18.9. The number of nitrogens with one attached hydrogen (secondary N) is 1. The van der Waals surface area contributed by atoms with Crippen molar-refractivity contribution in [3.63, 3.8) is 0 Å². The van der Waals surface area contributed by atoms with Crippen molar-refractivity contribution < 1.29 is 8.42 Å². The van der Waals surface area contributed by atoms with Crippen LogP contribution in [0.5, 0.6) is 0 Å². The Morgan fingerprint density at radius 1 is 1.29 bits per heavy atom. The fourth-order valence-electron chi connectivity index (χ4n) is 1.49. The Balaban J connectivity index is 0.00000169. The van der Waals surface area contributed by atoms with E-state index in [0.717, 1.165) is 39.1 Å². The van der Waals surface area contributed by atoms with Crippen LogP contribution in [0.3, 0.4) is 0 Å². The van der Waals surface area contributed by atoms with Gasteiger partial charge in [0.2, 0.25) is 0 Å². The average Bonchev–Trinajstić information content (AvgIpc) is 2.04. The molecule has 1 rings (SSSR count). The van der Waals surface area contributed by atoms with E-state index in [1.165, 1.54) is 6.26 Å². The van der Waals surface area contributed by atoms with Crippen molar-refractivity contribution in [1.29, 1.82) is 0 Å². The standard InChI is InChI=1S/C8H18N2O2S.ClH/c1-13(11,12)8-2-5-10-6-3-9-4-7-10;/h9H,2-8H2,1H3;1H. The van der Waals surface area contributed by atoms with Gasteiger partial charge in [0.15, 0.2) is 0 Å². The Bertz CT molecular complexity index is 238. The minimum absolute atomic E-state index is 0. The summed E-state index contributed by atoms with van der Waals surface area (Å²) >= 11 is 0. The fourth-order valence-corrected chi connectivity index (χ4v) is 2.14. The molecule has 14 heavy (non-hydrogen) atoms. The number of halogens is 1. The first-order chi connectivity index (χ1) is 6.08. The third kappa shape index (κ3) is 6.59. The SMILES string of the molecule is CS(=O)(=O)CCCN1CCNCC1.Cl. The molecule has 0 aromatic carbocycles. The van der Waals surface area contributed by atoms with Gasteiger partial charge in [0.25, 0.3) is 0 Å². The molecule has 1 fully saturated rings. The van der Waals surface area contributed by atoms with Gasteiger partial charge in [0.05, 0.1) is 5.75 Å². The van der Waals surface area contributed by atoms with Gasteiger partial charge in [-0.3, -0.25) is 0 Å². The molecule has 4 nitrogen and oxygen atoms in total. The van der Waals surface area contributed by atoms with Gasteiger partial charge in [-0.25, -0.2) is 8.42 Å². The van der Waals surface area contributed by atoms with Crippen LogP contribution in [0, 0.1) is 0 Å². The second kappa shape index (κ2) is 6.61. The summed E-state index contributed by atoms with van der Waals surface area (Å²) in [6.07, 6.45) is 2.06. The lowest BCUT2D eigenvalue weighted by atomic mass is 10.3. The summed E-state index contributed by atoms with van der Waals surface area (Å²) in [6.45, 7) is 5.06. The highest BCUT2D eigenvalue weighted by atomic mass is 35.5. The summed E-state index contributed by atoms with van der Waals surface area (Å²) in [6, 6.07) is 0. The van der Waals surface area contributed by atoms with Crippen LogP contribution < -0.4 is 5.32 Å². The molecule has 0 aliphatic carbocycles. The van der Waals surface area contributed by atoms with Crippen molar-refractivity contribution in [2.24, 2.45) is 0 Å². The molecule has 1 aliphatic heterocycles. The summed E-state index contributed by atoms with van der Waals surface area (Å²) < 4.78 is 21.7. The largest absolute Gasteiger partial charge is 0.314 e. The first kappa shape index (κ1) is 14.2. The van der Waals surface area contributed by atoms with Gasteiger partial charge in [-0.2, -0.15) is 0 Å². The van der Waals surface area contributed by atoms with Crippen LogP contribution >= 0.6 is 12.4 Å². The van der Waals surface area contributed by atoms with Gasteiger partial charge >= 0.3 is 0 Å². The molecule has 0 atom stereocenters. The zero-order valence-electron chi connectivity index (χ0n) is 8.53. The molecule has 0 radical (unpaired) electrons. The van der Waals surface area contributed by atoms with Crippen LogP contribution in [0.25, 0.3) is 0 Å². The van der Waals surface area contributed by atoms with Crippen molar-refractivity contribution in [3.05, 3.63) is 0 Å². The van der Waals surface area contributed by atoms with Gasteiger partial charge in [-0.1, -0.05) is 0 Å². The third-order valence-corrected chi connectivity index (χ3v) is 3.23. The van der Waals surface area contributed by atoms with Crippen molar-refractivity contribution in [2.45, 2.75) is 6.42 Å². The smallest absolute Gasteiger partial charge is 0.147 e. The quantitative estimate of drug-likeness (QED) is 0.739. The van der Waals surface area contributed by atoms with Gasteiger partial charge in [0, 0.05) is 32.4 Å². The van der Waals surface area contributed by atoms with E-state index in [2.05, 4.69) is 10.2 Å². The van der Waals surface area contributed by atoms with E-state index in [1.807, 2.05) is 0 Å². The number of rotatable bonds is 4. The number of nitrogens with zero attached hydrogens (tertiary/aromatic N) is 1. The predicted molar refractivity (Wildman–Crippen MR) is 60.9 cm³/mol. The van der Waals surface area contributed by atoms with Gasteiger partial charge in [-0.05, 0) is 13.0 Å². The second-order valence-electron chi connectivity index (χ2n) is 3.58. The summed E-state index contributed by atoms with van der Waals surface area (Å²) in [5, 5.41) is 3.26. The van der Waals surface area contributed by atoms with E-state index < -0.39 is 9.84 Å². The van der Waals surface area contributed by atoms with Crippen molar-refractivity contribution in [3.8, 4) is 0 Å². The van der Waals surface area contributed by atoms with Crippen LogP contribution in [0.2, 0.25) is 0 Å². The highest BCUT2D eigenvalue weighted by molar-refractivity contribution is 7.90. The van der Waals surface area contributed by atoms with E-state index in [4.69, 9.17) is 0 Å². The van der Waals surface area contributed by atoms with E-state index >= 15 is 0 Å². The predicted octanol–water partition coefficient (Wildman–Crippen LogP) is -0.252. The van der Waals surface area contributed by atoms with Crippen LogP contribution in [0.1, 0.15) is 6.42 Å². The molecule has 0 bridgehead atoms. The first-order valence-corrected chi connectivity index (χ1v) is 6.75. The minimum atomic E-state index is -2.77. The molecular formula is C8H19ClN2O2S. The molecule has 1 heterocycles. The lowest BCUT2D eigenvalue weighted by Crippen LogP contribution is -2.44. The number of hydrogen-bond donors (Lipinski definition) is 1. The lowest BCUT2D eigenvalue weighted by Gasteiger charge is -2.26. The monoisotopic (exact) mass is 242 g/mol. The van der Waals surface area contributed by atoms with Crippen LogP contribution in [0.15, 0.2) is 0 Å². The molecule has 86 valence electrons. The highest BCUT2D eigenvalue weighted by Crippen LogP contribution is 1.96. The number of sulfone groups is 1. The zero-order valence-corrected chi connectivity index (χ0v) is 10.2. The molecule has 0 aromatic heterocycles. The zero-order chi connectivity index (χ0) is 9.73. The van der Waals surface area contributed by atoms with E-state index in [-0.39, 0.29) is 12.4 Å². The Kier molecular flexibility index (Phi) is 6.68. The summed E-state index contributed by atoms with van der Waals surface area (Å²) in [5.41, 5.74) is 0. The van der Waals surface area contributed by atoms with Crippen molar-refractivity contribution in [2.75, 3.05) is 44.7 Å². The number of hydrogen-bond acceptors (Lipinski definition) is 4. The van der Waals surface area contributed by atoms with Crippen LogP contribution in [0.4, 0.5) is 0 Å². The molecule has 0 saturated carbocycles. The molecule has 6 heteroatoms. The molecule has 1 aliphatic rings. The average molecular weight is 243 g/mol. The Morgan fingerprint density at radius 3 is 2.36 bits per heavy atom. The summed E-state index contributed by atoms with van der Waals surface area (Å²) in [4.78, 5) is 2.31. The Labute approximate surface area is 92.4 Å². The van der Waals surface area contributed by atoms with Crippen LogP contribution in [-0.4, -0.2) is 58.1 Å². The molecular weight excluding hydrogens is 224 g/mol.